The number of aryl methyl sites for hydroxylation is 4. The van der Waals surface area contributed by atoms with Crippen LogP contribution in [0.15, 0.2) is 102 Å². The molecule has 6 rings (SSSR count). The van der Waals surface area contributed by atoms with Gasteiger partial charge in [-0.05, 0) is 80.8 Å². The van der Waals surface area contributed by atoms with E-state index < -0.39 is 0 Å². The molecule has 0 aliphatic carbocycles. The second kappa shape index (κ2) is 13.0. The molecule has 0 N–H and O–H groups in total. The van der Waals surface area contributed by atoms with Crippen molar-refractivity contribution in [2.24, 2.45) is 0 Å². The van der Waals surface area contributed by atoms with E-state index in [1.165, 1.54) is 5.56 Å². The van der Waals surface area contributed by atoms with Gasteiger partial charge in [-0.25, -0.2) is 4.68 Å². The lowest BCUT2D eigenvalue weighted by Gasteiger charge is -2.06. The molecular weight excluding hydrogens is 490 g/mol. The van der Waals surface area contributed by atoms with E-state index in [4.69, 9.17) is 9.26 Å². The second-order valence-electron chi connectivity index (χ2n) is 8.67. The molecule has 198 valence electrons. The lowest BCUT2D eigenvalue weighted by Crippen LogP contribution is -2.00. The van der Waals surface area contributed by atoms with Gasteiger partial charge in [-0.3, -0.25) is 0 Å². The Morgan fingerprint density at radius 2 is 1.41 bits per heavy atom. The first-order chi connectivity index (χ1) is 19.0. The summed E-state index contributed by atoms with van der Waals surface area (Å²) in [5, 5.41) is 16.0. The SMILES string of the molecule is COc1ccc(-n2nccn2)c(C)c1.Cc1ccccc1-n1cccn1.Cc1noc(-c2ccccc2C)n1. The zero-order valence-electron chi connectivity index (χ0n) is 22.7. The lowest BCUT2D eigenvalue weighted by atomic mass is 10.1. The van der Waals surface area contributed by atoms with Gasteiger partial charge >= 0.3 is 0 Å². The van der Waals surface area contributed by atoms with Gasteiger partial charge in [0.05, 0.1) is 30.9 Å². The van der Waals surface area contributed by atoms with Crippen LogP contribution in [0.4, 0.5) is 0 Å². The normalized spacial score (nSPS) is 10.2. The van der Waals surface area contributed by atoms with Crippen molar-refractivity contribution >= 4 is 0 Å². The molecule has 0 saturated carbocycles. The predicted molar refractivity (Wildman–Crippen MR) is 150 cm³/mol. The van der Waals surface area contributed by atoms with Crippen LogP contribution in [-0.2, 0) is 0 Å². The molecule has 0 amide bonds. The monoisotopic (exact) mass is 521 g/mol. The number of para-hydroxylation sites is 1. The van der Waals surface area contributed by atoms with Gasteiger partial charge in [0.15, 0.2) is 5.82 Å². The first-order valence-electron chi connectivity index (χ1n) is 12.4. The third kappa shape index (κ3) is 7.04. The van der Waals surface area contributed by atoms with Gasteiger partial charge in [0.1, 0.15) is 5.75 Å². The van der Waals surface area contributed by atoms with Crippen molar-refractivity contribution in [2.75, 3.05) is 7.11 Å². The minimum absolute atomic E-state index is 0.593. The smallest absolute Gasteiger partial charge is 0.258 e. The highest BCUT2D eigenvalue weighted by Crippen LogP contribution is 2.21. The first kappa shape index (κ1) is 27.0. The molecule has 0 atom stereocenters. The fraction of sp³-hybridized carbons (Fsp3) is 0.167. The summed E-state index contributed by atoms with van der Waals surface area (Å²) < 4.78 is 12.1. The van der Waals surface area contributed by atoms with E-state index in [1.54, 1.807) is 30.5 Å². The molecule has 0 aliphatic rings. The summed E-state index contributed by atoms with van der Waals surface area (Å²) in [4.78, 5) is 5.76. The average Bonchev–Trinajstić information content (AvgIpc) is 3.74. The van der Waals surface area contributed by atoms with E-state index in [1.807, 2.05) is 92.3 Å². The third-order valence-corrected chi connectivity index (χ3v) is 5.81. The van der Waals surface area contributed by atoms with Crippen molar-refractivity contribution in [1.29, 1.82) is 0 Å². The maximum absolute atomic E-state index is 5.12. The van der Waals surface area contributed by atoms with Gasteiger partial charge in [0.25, 0.3) is 5.89 Å². The van der Waals surface area contributed by atoms with Crippen molar-refractivity contribution in [1.82, 2.24) is 34.9 Å². The van der Waals surface area contributed by atoms with Crippen LogP contribution >= 0.6 is 0 Å². The number of nitrogens with zero attached hydrogens (tertiary/aromatic N) is 7. The van der Waals surface area contributed by atoms with Crippen LogP contribution in [0.25, 0.3) is 22.8 Å². The Balaban J connectivity index is 0.000000136. The van der Waals surface area contributed by atoms with Gasteiger partial charge in [-0.2, -0.15) is 25.1 Å². The van der Waals surface area contributed by atoms with Gasteiger partial charge in [0, 0.05) is 18.0 Å². The highest BCUT2D eigenvalue weighted by molar-refractivity contribution is 5.57. The van der Waals surface area contributed by atoms with Crippen molar-refractivity contribution in [3.63, 3.8) is 0 Å². The fourth-order valence-corrected chi connectivity index (χ4v) is 3.77. The summed E-state index contributed by atoms with van der Waals surface area (Å²) in [6.07, 6.45) is 7.04. The van der Waals surface area contributed by atoms with Gasteiger partial charge in [-0.1, -0.05) is 41.6 Å². The van der Waals surface area contributed by atoms with E-state index in [0.29, 0.717) is 11.7 Å². The number of rotatable bonds is 4. The first-order valence-corrected chi connectivity index (χ1v) is 12.4. The Labute approximate surface area is 227 Å². The topological polar surface area (TPSA) is 96.7 Å². The van der Waals surface area contributed by atoms with Gasteiger partial charge in [-0.15, -0.1) is 0 Å². The summed E-state index contributed by atoms with van der Waals surface area (Å²) in [6, 6.07) is 23.8. The average molecular weight is 522 g/mol. The highest BCUT2D eigenvalue weighted by atomic mass is 16.5. The molecule has 0 aliphatic heterocycles. The second-order valence-corrected chi connectivity index (χ2v) is 8.67. The van der Waals surface area contributed by atoms with E-state index in [9.17, 15) is 0 Å². The van der Waals surface area contributed by atoms with Crippen LogP contribution < -0.4 is 4.74 Å². The molecular formula is C30H31N7O2. The lowest BCUT2D eigenvalue weighted by molar-refractivity contribution is 0.414. The summed E-state index contributed by atoms with van der Waals surface area (Å²) in [6.45, 7) is 7.92. The molecule has 6 aromatic rings. The number of hydrogen-bond acceptors (Lipinski definition) is 7. The van der Waals surface area contributed by atoms with E-state index >= 15 is 0 Å². The summed E-state index contributed by atoms with van der Waals surface area (Å²) in [7, 11) is 1.65. The number of ether oxygens (including phenoxy) is 1. The Morgan fingerprint density at radius 3 is 2.00 bits per heavy atom. The quantitative estimate of drug-likeness (QED) is 0.276. The Hall–Kier alpha value is -5.05. The Kier molecular flexibility index (Phi) is 8.97. The molecule has 0 radical (unpaired) electrons. The molecule has 9 nitrogen and oxygen atoms in total. The van der Waals surface area contributed by atoms with E-state index in [-0.39, 0.29) is 0 Å². The summed E-state index contributed by atoms with van der Waals surface area (Å²) >= 11 is 0. The van der Waals surface area contributed by atoms with Crippen LogP contribution in [-0.4, -0.2) is 42.0 Å². The van der Waals surface area contributed by atoms with Gasteiger partial charge in [0.2, 0.25) is 0 Å². The number of aromatic nitrogens is 7. The molecule has 0 saturated heterocycles. The van der Waals surface area contributed by atoms with Crippen LogP contribution in [0.5, 0.6) is 5.75 Å². The van der Waals surface area contributed by atoms with Crippen LogP contribution in [0, 0.1) is 27.7 Å². The third-order valence-electron chi connectivity index (χ3n) is 5.81. The maximum Gasteiger partial charge on any atom is 0.258 e. The van der Waals surface area contributed by atoms with Crippen molar-refractivity contribution in [3.8, 4) is 28.6 Å². The molecule has 0 fully saturated rings. The van der Waals surface area contributed by atoms with Crippen LogP contribution in [0.1, 0.15) is 22.5 Å². The van der Waals surface area contributed by atoms with Crippen molar-refractivity contribution in [2.45, 2.75) is 27.7 Å². The number of methoxy groups -OCH3 is 1. The predicted octanol–water partition coefficient (Wildman–Crippen LogP) is 6.12. The fourth-order valence-electron chi connectivity index (χ4n) is 3.77. The van der Waals surface area contributed by atoms with Crippen LogP contribution in [0.3, 0.4) is 0 Å². The molecule has 0 bridgehead atoms. The number of hydrogen-bond donors (Lipinski definition) is 0. The summed E-state index contributed by atoms with van der Waals surface area (Å²) in [5.41, 5.74) is 6.58. The molecule has 9 heteroatoms. The molecule has 3 heterocycles. The molecule has 0 unspecified atom stereocenters. The molecule has 3 aromatic carbocycles. The minimum Gasteiger partial charge on any atom is -0.497 e. The van der Waals surface area contributed by atoms with Crippen molar-refractivity contribution in [3.05, 3.63) is 120 Å². The van der Waals surface area contributed by atoms with E-state index in [2.05, 4.69) is 44.5 Å². The Morgan fingerprint density at radius 1 is 0.692 bits per heavy atom. The largest absolute Gasteiger partial charge is 0.497 e. The van der Waals surface area contributed by atoms with Crippen molar-refractivity contribution < 1.29 is 9.26 Å². The standard InChI is InChI=1S/C10H11N3O.C10H10N2O.C10H10N2/c1-8-7-9(14-2)3-4-10(8)13-11-5-6-12-13;1-7-5-3-4-6-9(7)10-11-8(2)12-13-10;1-9-5-2-3-6-10(9)12-8-4-7-11-12/h3-7H,1-2H3;3-6H,1-2H3;2-8H,1H3. The van der Waals surface area contributed by atoms with Crippen LogP contribution in [0.2, 0.25) is 0 Å². The molecule has 0 spiro atoms. The molecule has 3 aromatic heterocycles. The number of benzene rings is 3. The highest BCUT2D eigenvalue weighted by Gasteiger charge is 2.07. The zero-order chi connectivity index (χ0) is 27.6. The van der Waals surface area contributed by atoms with E-state index in [0.717, 1.165) is 33.8 Å². The summed E-state index contributed by atoms with van der Waals surface area (Å²) in [5.74, 6) is 2.10. The van der Waals surface area contributed by atoms with Gasteiger partial charge < -0.3 is 9.26 Å². The Bertz CT molecular complexity index is 1590. The minimum atomic E-state index is 0.593. The zero-order valence-corrected chi connectivity index (χ0v) is 22.7. The molecule has 39 heavy (non-hydrogen) atoms. The maximum atomic E-state index is 5.12.